The Kier molecular flexibility index (Phi) is 4.17. The maximum atomic E-state index is 11.9. The monoisotopic (exact) mass is 297 g/mol. The molecule has 0 bridgehead atoms. The lowest BCUT2D eigenvalue weighted by Crippen LogP contribution is -2.11. The quantitative estimate of drug-likeness (QED) is 0.783. The topological polar surface area (TPSA) is 29.1 Å². The molecule has 2 nitrogen and oxygen atoms in total. The molecule has 0 fully saturated rings. The van der Waals surface area contributed by atoms with Crippen LogP contribution in [0.5, 0.6) is 0 Å². The molecule has 2 aromatic carbocycles. The number of carbonyl (C=O) groups excluding carboxylic acids is 1. The van der Waals surface area contributed by atoms with Crippen LogP contribution in [0, 0.1) is 0 Å². The smallest absolute Gasteiger partial charge is 0.255 e. The Bertz CT molecular complexity index is 564. The van der Waals surface area contributed by atoms with Crippen molar-refractivity contribution in [3.8, 4) is 0 Å². The van der Waals surface area contributed by atoms with E-state index in [1.165, 1.54) is 0 Å². The SMILES string of the molecule is O=C(Nc1cc(Cl)cc(Cl)c1)c1ccc(S)cc1. The zero-order valence-corrected chi connectivity index (χ0v) is 11.6. The Morgan fingerprint density at radius 1 is 1.00 bits per heavy atom. The van der Waals surface area contributed by atoms with Gasteiger partial charge in [0.25, 0.3) is 5.91 Å². The van der Waals surface area contributed by atoms with Crippen LogP contribution in [-0.4, -0.2) is 5.91 Å². The highest BCUT2D eigenvalue weighted by Gasteiger charge is 2.06. The Hall–Kier alpha value is -1.16. The highest BCUT2D eigenvalue weighted by atomic mass is 35.5. The summed E-state index contributed by atoms with van der Waals surface area (Å²) in [7, 11) is 0. The zero-order chi connectivity index (χ0) is 13.1. The Labute approximate surface area is 120 Å². The molecule has 0 saturated heterocycles. The zero-order valence-electron chi connectivity index (χ0n) is 9.15. The third kappa shape index (κ3) is 3.42. The van der Waals surface area contributed by atoms with E-state index in [4.69, 9.17) is 23.2 Å². The summed E-state index contributed by atoms with van der Waals surface area (Å²) >= 11 is 15.9. The molecule has 0 spiro atoms. The first-order valence-electron chi connectivity index (χ1n) is 5.11. The standard InChI is InChI=1S/C13H9Cl2NOS/c14-9-5-10(15)7-11(6-9)16-13(17)8-1-3-12(18)4-2-8/h1-7,18H,(H,16,17). The van der Waals surface area contributed by atoms with Gasteiger partial charge in [-0.25, -0.2) is 0 Å². The van der Waals surface area contributed by atoms with Crippen molar-refractivity contribution in [1.29, 1.82) is 0 Å². The second-order valence-corrected chi connectivity index (χ2v) is 5.05. The molecule has 2 aromatic rings. The summed E-state index contributed by atoms with van der Waals surface area (Å²) in [4.78, 5) is 12.7. The molecule has 18 heavy (non-hydrogen) atoms. The fourth-order valence-corrected chi connectivity index (χ4v) is 2.12. The Balaban J connectivity index is 2.18. The first kappa shape index (κ1) is 13.3. The third-order valence-electron chi connectivity index (χ3n) is 2.25. The molecule has 1 N–H and O–H groups in total. The number of hydrogen-bond donors (Lipinski definition) is 2. The summed E-state index contributed by atoms with van der Waals surface area (Å²) in [5.74, 6) is -0.221. The van der Waals surface area contributed by atoms with Gasteiger partial charge >= 0.3 is 0 Å². The molecule has 0 aliphatic heterocycles. The molecule has 0 aliphatic carbocycles. The van der Waals surface area contributed by atoms with Crippen LogP contribution in [0.1, 0.15) is 10.4 Å². The Morgan fingerprint density at radius 3 is 2.11 bits per heavy atom. The summed E-state index contributed by atoms with van der Waals surface area (Å²) in [6, 6.07) is 11.8. The molecule has 92 valence electrons. The fraction of sp³-hybridized carbons (Fsp3) is 0. The molecule has 0 aromatic heterocycles. The minimum absolute atomic E-state index is 0.221. The van der Waals surface area contributed by atoms with Gasteiger partial charge in [-0.1, -0.05) is 23.2 Å². The molecular weight excluding hydrogens is 289 g/mol. The van der Waals surface area contributed by atoms with Gasteiger partial charge in [0.2, 0.25) is 0 Å². The average Bonchev–Trinajstić information content (AvgIpc) is 2.28. The predicted octanol–water partition coefficient (Wildman–Crippen LogP) is 4.53. The van der Waals surface area contributed by atoms with Crippen LogP contribution in [-0.2, 0) is 0 Å². The van der Waals surface area contributed by atoms with Gasteiger partial charge in [-0.15, -0.1) is 12.6 Å². The first-order valence-corrected chi connectivity index (χ1v) is 6.31. The lowest BCUT2D eigenvalue weighted by Gasteiger charge is -2.06. The van der Waals surface area contributed by atoms with Crippen molar-refractivity contribution in [3.05, 3.63) is 58.1 Å². The van der Waals surface area contributed by atoms with Crippen molar-refractivity contribution in [3.63, 3.8) is 0 Å². The molecule has 5 heteroatoms. The number of hydrogen-bond acceptors (Lipinski definition) is 2. The largest absolute Gasteiger partial charge is 0.322 e. The molecule has 0 aliphatic rings. The second kappa shape index (κ2) is 5.65. The number of nitrogens with one attached hydrogen (secondary N) is 1. The van der Waals surface area contributed by atoms with E-state index in [2.05, 4.69) is 17.9 Å². The molecule has 0 saturated carbocycles. The first-order chi connectivity index (χ1) is 8.54. The van der Waals surface area contributed by atoms with Crippen molar-refractivity contribution in [1.82, 2.24) is 0 Å². The summed E-state index contributed by atoms with van der Waals surface area (Å²) < 4.78 is 0. The summed E-state index contributed by atoms with van der Waals surface area (Å²) in [6.07, 6.45) is 0. The number of halogens is 2. The van der Waals surface area contributed by atoms with Gasteiger partial charge < -0.3 is 5.32 Å². The van der Waals surface area contributed by atoms with Gasteiger partial charge in [0.05, 0.1) is 0 Å². The number of benzene rings is 2. The summed E-state index contributed by atoms with van der Waals surface area (Å²) in [6.45, 7) is 0. The van der Waals surface area contributed by atoms with Crippen molar-refractivity contribution in [2.45, 2.75) is 4.90 Å². The van der Waals surface area contributed by atoms with E-state index in [0.29, 0.717) is 21.3 Å². The van der Waals surface area contributed by atoms with E-state index in [1.54, 1.807) is 42.5 Å². The van der Waals surface area contributed by atoms with Gasteiger partial charge in [-0.2, -0.15) is 0 Å². The number of rotatable bonds is 2. The Morgan fingerprint density at radius 2 is 1.56 bits per heavy atom. The molecule has 1 amide bonds. The maximum Gasteiger partial charge on any atom is 0.255 e. The minimum Gasteiger partial charge on any atom is -0.322 e. The second-order valence-electron chi connectivity index (χ2n) is 3.66. The molecule has 0 unspecified atom stereocenters. The van der Waals surface area contributed by atoms with Crippen LogP contribution < -0.4 is 5.32 Å². The average molecular weight is 298 g/mol. The summed E-state index contributed by atoms with van der Waals surface area (Å²) in [5.41, 5.74) is 1.11. The van der Waals surface area contributed by atoms with Crippen LogP contribution >= 0.6 is 35.8 Å². The van der Waals surface area contributed by atoms with Crippen molar-refractivity contribution in [2.24, 2.45) is 0 Å². The minimum atomic E-state index is -0.221. The maximum absolute atomic E-state index is 11.9. The number of amides is 1. The molecule has 0 heterocycles. The number of thiol groups is 1. The molecule has 0 radical (unpaired) electrons. The number of anilines is 1. The van der Waals surface area contributed by atoms with E-state index in [1.807, 2.05) is 0 Å². The van der Waals surface area contributed by atoms with Crippen molar-refractivity contribution < 1.29 is 4.79 Å². The third-order valence-corrected chi connectivity index (χ3v) is 2.98. The predicted molar refractivity (Wildman–Crippen MR) is 78.1 cm³/mol. The highest BCUT2D eigenvalue weighted by molar-refractivity contribution is 7.80. The van der Waals surface area contributed by atoms with Gasteiger partial charge in [-0.3, -0.25) is 4.79 Å². The van der Waals surface area contributed by atoms with Crippen molar-refractivity contribution >= 4 is 47.4 Å². The summed E-state index contributed by atoms with van der Waals surface area (Å²) in [5, 5.41) is 3.68. The van der Waals surface area contributed by atoms with Gasteiger partial charge in [0, 0.05) is 26.2 Å². The van der Waals surface area contributed by atoms with Crippen LogP contribution in [0.4, 0.5) is 5.69 Å². The van der Waals surface area contributed by atoms with E-state index in [-0.39, 0.29) is 5.91 Å². The molecular formula is C13H9Cl2NOS. The molecule has 2 rings (SSSR count). The van der Waals surface area contributed by atoms with Crippen molar-refractivity contribution in [2.75, 3.05) is 5.32 Å². The molecule has 0 atom stereocenters. The fourth-order valence-electron chi connectivity index (χ4n) is 1.44. The normalized spacial score (nSPS) is 10.2. The van der Waals surface area contributed by atoms with Gasteiger partial charge in [0.1, 0.15) is 0 Å². The van der Waals surface area contributed by atoms with E-state index >= 15 is 0 Å². The van der Waals surface area contributed by atoms with E-state index in [9.17, 15) is 4.79 Å². The van der Waals surface area contributed by atoms with Crippen LogP contribution in [0.3, 0.4) is 0 Å². The van der Waals surface area contributed by atoms with Gasteiger partial charge in [-0.05, 0) is 42.5 Å². The van der Waals surface area contributed by atoms with Crippen LogP contribution in [0.15, 0.2) is 47.4 Å². The highest BCUT2D eigenvalue weighted by Crippen LogP contribution is 2.23. The van der Waals surface area contributed by atoms with Crippen LogP contribution in [0.2, 0.25) is 10.0 Å². The van der Waals surface area contributed by atoms with E-state index in [0.717, 1.165) is 4.90 Å². The lowest BCUT2D eigenvalue weighted by molar-refractivity contribution is 0.102. The van der Waals surface area contributed by atoms with Gasteiger partial charge in [0.15, 0.2) is 0 Å². The van der Waals surface area contributed by atoms with E-state index < -0.39 is 0 Å². The number of carbonyl (C=O) groups is 1. The van der Waals surface area contributed by atoms with Crippen LogP contribution in [0.25, 0.3) is 0 Å². The lowest BCUT2D eigenvalue weighted by atomic mass is 10.2.